The molecule has 0 saturated carbocycles. The lowest BCUT2D eigenvalue weighted by molar-refractivity contribution is 0.306. The van der Waals surface area contributed by atoms with E-state index in [0.29, 0.717) is 24.5 Å². The molecule has 5 rings (SSSR count). The minimum Gasteiger partial charge on any atom is -0.489 e. The first-order valence-electron chi connectivity index (χ1n) is 11.8. The van der Waals surface area contributed by atoms with Crippen LogP contribution in [0.5, 0.6) is 5.75 Å². The number of aromatic nitrogens is 1. The summed E-state index contributed by atoms with van der Waals surface area (Å²) in [5, 5.41) is 6.22. The normalized spacial score (nSPS) is 10.8. The maximum absolute atomic E-state index is 12.3. The van der Waals surface area contributed by atoms with Crippen molar-refractivity contribution in [1.82, 2.24) is 4.98 Å². The number of rotatable bonds is 10. The first kappa shape index (κ1) is 23.1. The second-order valence-electron chi connectivity index (χ2n) is 8.43. The summed E-state index contributed by atoms with van der Waals surface area (Å²) in [7, 11) is 0. The fraction of sp³-hybridized carbons (Fsp3) is 0.100. The summed E-state index contributed by atoms with van der Waals surface area (Å²) in [6.07, 6.45) is 2.42. The van der Waals surface area contributed by atoms with Gasteiger partial charge in [0, 0.05) is 24.0 Å². The lowest BCUT2D eigenvalue weighted by atomic mass is 10.1. The lowest BCUT2D eigenvalue weighted by Gasteiger charge is -2.15. The zero-order valence-corrected chi connectivity index (χ0v) is 19.6. The van der Waals surface area contributed by atoms with Gasteiger partial charge in [0.05, 0.1) is 5.69 Å². The standard InChI is InChI=1S/C30H25N3O3/c34-29-27(32-16-14-21-8-3-1-4-9-21)28(30(29)35)33-24-15-17-31-26(19-24)23-12-7-13-25(18-23)36-20-22-10-5-2-6-11-22/h1-13,15,17-19,32H,14,16,20H2,(H,31,33). The van der Waals surface area contributed by atoms with Gasteiger partial charge in [-0.05, 0) is 41.8 Å². The smallest absolute Gasteiger partial charge is 0.253 e. The van der Waals surface area contributed by atoms with E-state index >= 15 is 0 Å². The van der Waals surface area contributed by atoms with Crippen LogP contribution in [0.4, 0.5) is 17.1 Å². The Bertz CT molecular complexity index is 1520. The van der Waals surface area contributed by atoms with Crippen molar-refractivity contribution in [2.24, 2.45) is 0 Å². The molecule has 36 heavy (non-hydrogen) atoms. The van der Waals surface area contributed by atoms with Crippen LogP contribution in [0.3, 0.4) is 0 Å². The van der Waals surface area contributed by atoms with Gasteiger partial charge >= 0.3 is 0 Å². The van der Waals surface area contributed by atoms with Crippen molar-refractivity contribution < 1.29 is 4.74 Å². The van der Waals surface area contributed by atoms with E-state index < -0.39 is 10.9 Å². The highest BCUT2D eigenvalue weighted by atomic mass is 16.5. The molecule has 0 aliphatic rings. The predicted molar refractivity (Wildman–Crippen MR) is 144 cm³/mol. The van der Waals surface area contributed by atoms with E-state index in [1.54, 1.807) is 12.3 Å². The third kappa shape index (κ3) is 5.33. The van der Waals surface area contributed by atoms with Crippen molar-refractivity contribution in [3.63, 3.8) is 0 Å². The topological polar surface area (TPSA) is 80.3 Å². The van der Waals surface area contributed by atoms with Crippen molar-refractivity contribution in [2.45, 2.75) is 13.0 Å². The van der Waals surface area contributed by atoms with Crippen molar-refractivity contribution in [3.05, 3.63) is 135 Å². The average molecular weight is 476 g/mol. The molecule has 1 heterocycles. The molecule has 0 radical (unpaired) electrons. The number of benzene rings is 3. The molecule has 0 saturated heterocycles. The SMILES string of the molecule is O=c1c(NCCc2ccccc2)c(Nc2ccnc(-c3cccc(OCc4ccccc4)c3)c2)c1=O. The second-order valence-corrected chi connectivity index (χ2v) is 8.43. The Morgan fingerprint density at radius 1 is 0.722 bits per heavy atom. The molecule has 0 fully saturated rings. The first-order valence-corrected chi connectivity index (χ1v) is 11.8. The van der Waals surface area contributed by atoms with Gasteiger partial charge in [0.15, 0.2) is 0 Å². The van der Waals surface area contributed by atoms with E-state index in [0.717, 1.165) is 34.6 Å². The highest BCUT2D eigenvalue weighted by molar-refractivity contribution is 5.79. The van der Waals surface area contributed by atoms with E-state index in [1.807, 2.05) is 91.0 Å². The lowest BCUT2D eigenvalue weighted by Crippen LogP contribution is -2.37. The number of hydrogen-bond donors (Lipinski definition) is 2. The van der Waals surface area contributed by atoms with Gasteiger partial charge in [0.1, 0.15) is 23.7 Å². The average Bonchev–Trinajstić information content (AvgIpc) is 2.94. The Morgan fingerprint density at radius 3 is 2.22 bits per heavy atom. The van der Waals surface area contributed by atoms with Crippen LogP contribution in [0, 0.1) is 0 Å². The van der Waals surface area contributed by atoms with E-state index in [4.69, 9.17) is 4.74 Å². The van der Waals surface area contributed by atoms with E-state index in [2.05, 4.69) is 15.6 Å². The molecule has 6 nitrogen and oxygen atoms in total. The van der Waals surface area contributed by atoms with Crippen LogP contribution in [0.1, 0.15) is 11.1 Å². The van der Waals surface area contributed by atoms with Gasteiger partial charge in [-0.15, -0.1) is 0 Å². The predicted octanol–water partition coefficient (Wildman–Crippen LogP) is 5.32. The monoisotopic (exact) mass is 475 g/mol. The van der Waals surface area contributed by atoms with Gasteiger partial charge < -0.3 is 15.4 Å². The second kappa shape index (κ2) is 10.7. The molecule has 0 amide bonds. The molecular formula is C30H25N3O3. The van der Waals surface area contributed by atoms with Gasteiger partial charge in [-0.3, -0.25) is 14.6 Å². The molecule has 178 valence electrons. The summed E-state index contributed by atoms with van der Waals surface area (Å²) in [6, 6.07) is 31.3. The number of nitrogens with zero attached hydrogens (tertiary/aromatic N) is 1. The van der Waals surface area contributed by atoms with Gasteiger partial charge in [0.25, 0.3) is 10.9 Å². The Kier molecular flexibility index (Phi) is 6.85. The number of anilines is 3. The van der Waals surface area contributed by atoms with Gasteiger partial charge in [0.2, 0.25) is 0 Å². The van der Waals surface area contributed by atoms with E-state index in [1.165, 1.54) is 0 Å². The molecule has 2 N–H and O–H groups in total. The highest BCUT2D eigenvalue weighted by Crippen LogP contribution is 2.27. The first-order chi connectivity index (χ1) is 17.7. The van der Waals surface area contributed by atoms with Gasteiger partial charge in [-0.1, -0.05) is 72.8 Å². The van der Waals surface area contributed by atoms with Gasteiger partial charge in [-0.25, -0.2) is 0 Å². The largest absolute Gasteiger partial charge is 0.489 e. The van der Waals surface area contributed by atoms with Crippen LogP contribution in [-0.2, 0) is 13.0 Å². The summed E-state index contributed by atoms with van der Waals surface area (Å²) in [6.45, 7) is 1.03. The Balaban J connectivity index is 1.27. The van der Waals surface area contributed by atoms with Crippen molar-refractivity contribution in [1.29, 1.82) is 0 Å². The summed E-state index contributed by atoms with van der Waals surface area (Å²) in [5.74, 6) is 0.740. The van der Waals surface area contributed by atoms with Crippen LogP contribution in [0.2, 0.25) is 0 Å². The third-order valence-corrected chi connectivity index (χ3v) is 5.88. The van der Waals surface area contributed by atoms with Crippen LogP contribution >= 0.6 is 0 Å². The fourth-order valence-corrected chi connectivity index (χ4v) is 3.95. The molecule has 0 aliphatic heterocycles. The van der Waals surface area contributed by atoms with Crippen LogP contribution in [0.15, 0.2) is 113 Å². The van der Waals surface area contributed by atoms with Crippen LogP contribution in [0.25, 0.3) is 11.3 Å². The highest BCUT2D eigenvalue weighted by Gasteiger charge is 2.21. The number of ether oxygens (including phenoxy) is 1. The van der Waals surface area contributed by atoms with E-state index in [-0.39, 0.29) is 5.69 Å². The van der Waals surface area contributed by atoms with Crippen molar-refractivity contribution in [2.75, 3.05) is 17.2 Å². The minimum atomic E-state index is -0.521. The molecule has 1 aromatic heterocycles. The minimum absolute atomic E-state index is 0.283. The third-order valence-electron chi connectivity index (χ3n) is 5.88. The molecular weight excluding hydrogens is 450 g/mol. The van der Waals surface area contributed by atoms with E-state index in [9.17, 15) is 9.59 Å². The molecule has 5 aromatic rings. The maximum atomic E-state index is 12.3. The Labute approximate surface area is 208 Å². The number of hydrogen-bond acceptors (Lipinski definition) is 6. The molecule has 4 aromatic carbocycles. The fourth-order valence-electron chi connectivity index (χ4n) is 3.95. The molecule has 6 heteroatoms. The van der Waals surface area contributed by atoms with Crippen molar-refractivity contribution >= 4 is 17.1 Å². The maximum Gasteiger partial charge on any atom is 0.253 e. The van der Waals surface area contributed by atoms with Crippen LogP contribution in [-0.4, -0.2) is 11.5 Å². The number of nitrogens with one attached hydrogen (secondary N) is 2. The quantitative estimate of drug-likeness (QED) is 0.266. The summed E-state index contributed by atoms with van der Waals surface area (Å²) in [5.41, 5.74) is 4.12. The molecule has 0 unspecified atom stereocenters. The Morgan fingerprint density at radius 2 is 1.44 bits per heavy atom. The zero-order chi connectivity index (χ0) is 24.7. The summed E-state index contributed by atoms with van der Waals surface area (Å²) < 4.78 is 5.94. The summed E-state index contributed by atoms with van der Waals surface area (Å²) >= 11 is 0. The summed E-state index contributed by atoms with van der Waals surface area (Å²) in [4.78, 5) is 28.9. The number of pyridine rings is 1. The zero-order valence-electron chi connectivity index (χ0n) is 19.6. The molecule has 0 aliphatic carbocycles. The Hall–Kier alpha value is -4.71. The van der Waals surface area contributed by atoms with Crippen molar-refractivity contribution in [3.8, 4) is 17.0 Å². The molecule has 0 bridgehead atoms. The van der Waals surface area contributed by atoms with Gasteiger partial charge in [-0.2, -0.15) is 0 Å². The molecule has 0 atom stereocenters. The molecule has 0 spiro atoms. The van der Waals surface area contributed by atoms with Crippen LogP contribution < -0.4 is 26.2 Å².